The quantitative estimate of drug-likeness (QED) is 0.822. The van der Waals surface area contributed by atoms with E-state index in [4.69, 9.17) is 4.42 Å². The lowest BCUT2D eigenvalue weighted by atomic mass is 10.2. The van der Waals surface area contributed by atoms with Crippen LogP contribution >= 0.6 is 0 Å². The normalized spacial score (nSPS) is 14.1. The molecule has 16 heavy (non-hydrogen) atoms. The van der Waals surface area contributed by atoms with Crippen LogP contribution in [-0.4, -0.2) is 16.6 Å². The minimum Gasteiger partial charge on any atom is -0.443 e. The molecule has 0 radical (unpaired) electrons. The molecule has 0 amide bonds. The smallest absolute Gasteiger partial charge is 0.181 e. The minimum absolute atomic E-state index is 0.725. The molecule has 2 aromatic rings. The van der Waals surface area contributed by atoms with Crippen LogP contribution in [0.2, 0.25) is 0 Å². The predicted molar refractivity (Wildman–Crippen MR) is 59.4 cm³/mol. The number of rotatable bonds is 2. The highest BCUT2D eigenvalue weighted by Gasteiger charge is 2.14. The maximum atomic E-state index is 5.30. The van der Waals surface area contributed by atoms with E-state index >= 15 is 0 Å². The third-order valence-electron chi connectivity index (χ3n) is 2.44. The Balaban J connectivity index is 2.07. The van der Waals surface area contributed by atoms with Crippen LogP contribution in [0.15, 0.2) is 47.9 Å². The van der Waals surface area contributed by atoms with Crippen molar-refractivity contribution in [3.05, 3.63) is 43.5 Å². The van der Waals surface area contributed by atoms with E-state index in [9.17, 15) is 0 Å². The second-order valence-corrected chi connectivity index (χ2v) is 3.41. The zero-order valence-electron chi connectivity index (χ0n) is 8.50. The van der Waals surface area contributed by atoms with E-state index in [1.54, 1.807) is 18.6 Å². The van der Waals surface area contributed by atoms with Gasteiger partial charge in [-0.3, -0.25) is 4.98 Å². The van der Waals surface area contributed by atoms with Crippen LogP contribution in [0, 0.1) is 0 Å². The largest absolute Gasteiger partial charge is 0.443 e. The summed E-state index contributed by atoms with van der Waals surface area (Å²) in [5, 5.41) is 3.12. The summed E-state index contributed by atoms with van der Waals surface area (Å²) < 4.78 is 5.30. The van der Waals surface area contributed by atoms with E-state index < -0.39 is 0 Å². The van der Waals surface area contributed by atoms with Crippen LogP contribution in [0.3, 0.4) is 0 Å². The Morgan fingerprint density at radius 2 is 2.31 bits per heavy atom. The third-order valence-corrected chi connectivity index (χ3v) is 2.44. The highest BCUT2D eigenvalue weighted by Crippen LogP contribution is 2.30. The summed E-state index contributed by atoms with van der Waals surface area (Å²) >= 11 is 0. The molecule has 2 aromatic heterocycles. The third kappa shape index (κ3) is 1.42. The highest BCUT2D eigenvalue weighted by atomic mass is 16.3. The van der Waals surface area contributed by atoms with E-state index in [0.717, 1.165) is 23.7 Å². The molecule has 5 nitrogen and oxygen atoms in total. The summed E-state index contributed by atoms with van der Waals surface area (Å²) in [5.74, 6) is 0.725. The van der Waals surface area contributed by atoms with Crippen LogP contribution in [0.4, 0.5) is 5.69 Å². The summed E-state index contributed by atoms with van der Waals surface area (Å²) in [6.45, 7) is 0.755. The molecule has 0 fully saturated rings. The van der Waals surface area contributed by atoms with Gasteiger partial charge >= 0.3 is 0 Å². The van der Waals surface area contributed by atoms with Crippen LogP contribution in [0.25, 0.3) is 11.3 Å². The summed E-state index contributed by atoms with van der Waals surface area (Å²) in [6.07, 6.45) is 10.5. The van der Waals surface area contributed by atoms with Crippen molar-refractivity contribution in [1.82, 2.24) is 15.3 Å². The zero-order chi connectivity index (χ0) is 10.8. The van der Waals surface area contributed by atoms with Crippen molar-refractivity contribution in [3.63, 3.8) is 0 Å². The van der Waals surface area contributed by atoms with Gasteiger partial charge in [-0.2, -0.15) is 0 Å². The van der Waals surface area contributed by atoms with Gasteiger partial charge in [0.15, 0.2) is 12.2 Å². The second-order valence-electron chi connectivity index (χ2n) is 3.41. The van der Waals surface area contributed by atoms with Crippen molar-refractivity contribution >= 4 is 5.69 Å². The van der Waals surface area contributed by atoms with Gasteiger partial charge in [0, 0.05) is 24.8 Å². The molecular formula is C11H10N4O. The monoisotopic (exact) mass is 214 g/mol. The number of hydrogen-bond acceptors (Lipinski definition) is 5. The Hall–Kier alpha value is -2.30. The standard InChI is InChI=1S/C11H10N4O/c1-2-12-5-9(11-6-14-8-16-11)10(1)15-4-3-13-7-15/h1-6,8,13H,7H2. The van der Waals surface area contributed by atoms with Gasteiger partial charge in [0.1, 0.15) is 0 Å². The number of hydrogen-bond donors (Lipinski definition) is 1. The van der Waals surface area contributed by atoms with Crippen molar-refractivity contribution in [3.8, 4) is 11.3 Å². The number of pyridine rings is 1. The fraction of sp³-hybridized carbons (Fsp3) is 0.0909. The van der Waals surface area contributed by atoms with Crippen LogP contribution < -0.4 is 10.2 Å². The average molecular weight is 214 g/mol. The number of nitrogens with zero attached hydrogens (tertiary/aromatic N) is 3. The molecule has 0 aromatic carbocycles. The maximum absolute atomic E-state index is 5.30. The number of oxazole rings is 1. The molecule has 0 saturated heterocycles. The Morgan fingerprint density at radius 3 is 3.06 bits per heavy atom. The van der Waals surface area contributed by atoms with E-state index in [2.05, 4.69) is 20.2 Å². The predicted octanol–water partition coefficient (Wildman–Crippen LogP) is 1.57. The maximum Gasteiger partial charge on any atom is 0.181 e. The van der Waals surface area contributed by atoms with E-state index in [1.807, 2.05) is 18.5 Å². The van der Waals surface area contributed by atoms with Gasteiger partial charge in [0.2, 0.25) is 0 Å². The van der Waals surface area contributed by atoms with Crippen LogP contribution in [0.5, 0.6) is 0 Å². The molecule has 1 aliphatic rings. The molecule has 0 spiro atoms. The summed E-state index contributed by atoms with van der Waals surface area (Å²) in [5.41, 5.74) is 1.99. The first-order chi connectivity index (χ1) is 7.95. The van der Waals surface area contributed by atoms with Crippen molar-refractivity contribution in [2.75, 3.05) is 11.6 Å². The zero-order valence-corrected chi connectivity index (χ0v) is 8.50. The van der Waals surface area contributed by atoms with Gasteiger partial charge in [-0.25, -0.2) is 4.98 Å². The fourth-order valence-corrected chi connectivity index (χ4v) is 1.69. The number of anilines is 1. The Labute approximate surface area is 92.4 Å². The number of nitrogens with one attached hydrogen (secondary N) is 1. The van der Waals surface area contributed by atoms with E-state index in [-0.39, 0.29) is 0 Å². The fourth-order valence-electron chi connectivity index (χ4n) is 1.69. The Bertz CT molecular complexity index is 506. The minimum atomic E-state index is 0.725. The van der Waals surface area contributed by atoms with Gasteiger partial charge in [-0.15, -0.1) is 0 Å². The first kappa shape index (κ1) is 8.96. The van der Waals surface area contributed by atoms with Gasteiger partial charge < -0.3 is 14.6 Å². The molecule has 3 rings (SSSR count). The molecule has 0 saturated carbocycles. The van der Waals surface area contributed by atoms with Gasteiger partial charge in [0.25, 0.3) is 0 Å². The topological polar surface area (TPSA) is 54.2 Å². The average Bonchev–Trinajstić information content (AvgIpc) is 3.03. The first-order valence-electron chi connectivity index (χ1n) is 4.95. The molecule has 5 heteroatoms. The molecular weight excluding hydrogens is 204 g/mol. The lowest BCUT2D eigenvalue weighted by Gasteiger charge is -2.17. The number of aromatic nitrogens is 2. The summed E-state index contributed by atoms with van der Waals surface area (Å²) in [7, 11) is 0. The van der Waals surface area contributed by atoms with Crippen molar-refractivity contribution in [2.45, 2.75) is 0 Å². The SMILES string of the molecule is C1=CN(c2ccncc2-c2cnco2)CN1. The Morgan fingerprint density at radius 1 is 1.31 bits per heavy atom. The Kier molecular flexibility index (Phi) is 2.07. The molecule has 1 aliphatic heterocycles. The molecule has 1 N–H and O–H groups in total. The lowest BCUT2D eigenvalue weighted by Crippen LogP contribution is -2.20. The molecule has 0 atom stereocenters. The van der Waals surface area contributed by atoms with Crippen molar-refractivity contribution < 1.29 is 4.42 Å². The van der Waals surface area contributed by atoms with Crippen LogP contribution in [0.1, 0.15) is 0 Å². The van der Waals surface area contributed by atoms with Crippen LogP contribution in [-0.2, 0) is 0 Å². The van der Waals surface area contributed by atoms with Crippen molar-refractivity contribution in [2.24, 2.45) is 0 Å². The lowest BCUT2D eigenvalue weighted by molar-refractivity contribution is 0.571. The van der Waals surface area contributed by atoms with E-state index in [1.165, 1.54) is 6.39 Å². The van der Waals surface area contributed by atoms with Crippen molar-refractivity contribution in [1.29, 1.82) is 0 Å². The molecule has 0 unspecified atom stereocenters. The van der Waals surface area contributed by atoms with Gasteiger partial charge in [0.05, 0.1) is 24.1 Å². The first-order valence-corrected chi connectivity index (χ1v) is 4.95. The van der Waals surface area contributed by atoms with Gasteiger partial charge in [-0.1, -0.05) is 0 Å². The van der Waals surface area contributed by atoms with Gasteiger partial charge in [-0.05, 0) is 6.07 Å². The molecule has 0 aliphatic carbocycles. The molecule has 0 bridgehead atoms. The summed E-state index contributed by atoms with van der Waals surface area (Å²) in [6, 6.07) is 1.95. The second kappa shape index (κ2) is 3.69. The van der Waals surface area contributed by atoms with E-state index in [0.29, 0.717) is 0 Å². The summed E-state index contributed by atoms with van der Waals surface area (Å²) in [4.78, 5) is 10.1. The highest BCUT2D eigenvalue weighted by molar-refractivity contribution is 5.75. The molecule has 3 heterocycles. The molecule has 80 valence electrons.